The van der Waals surface area contributed by atoms with Crippen molar-refractivity contribution in [3.8, 4) is 5.75 Å². The van der Waals surface area contributed by atoms with Gasteiger partial charge in [-0.25, -0.2) is 13.6 Å². The lowest BCUT2D eigenvalue weighted by molar-refractivity contribution is 0.176. The van der Waals surface area contributed by atoms with Crippen LogP contribution in [-0.2, 0) is 6.54 Å². The fourth-order valence-electron chi connectivity index (χ4n) is 5.77. The van der Waals surface area contributed by atoms with E-state index >= 15 is 0 Å². The van der Waals surface area contributed by atoms with Gasteiger partial charge in [0.15, 0.2) is 0 Å². The van der Waals surface area contributed by atoms with Crippen LogP contribution in [0, 0.1) is 11.6 Å². The summed E-state index contributed by atoms with van der Waals surface area (Å²) in [5.41, 5.74) is 0.564. The first-order valence-electron chi connectivity index (χ1n) is 12.5. The number of hydrogen-bond acceptors (Lipinski definition) is 4. The van der Waals surface area contributed by atoms with Gasteiger partial charge in [0, 0.05) is 19.2 Å². The molecule has 1 N–H and O–H groups in total. The number of anilines is 1. The molecule has 3 aliphatic rings. The number of halogens is 2. The minimum absolute atomic E-state index is 0.164. The number of urea groups is 1. The maximum absolute atomic E-state index is 14.2. The van der Waals surface area contributed by atoms with E-state index in [1.54, 1.807) is 12.0 Å². The van der Waals surface area contributed by atoms with Gasteiger partial charge in [-0.05, 0) is 62.1 Å². The summed E-state index contributed by atoms with van der Waals surface area (Å²) in [7, 11) is 1.64. The van der Waals surface area contributed by atoms with E-state index in [9.17, 15) is 13.6 Å². The zero-order chi connectivity index (χ0) is 24.4. The van der Waals surface area contributed by atoms with Crippen LogP contribution in [0.5, 0.6) is 5.75 Å². The molecule has 1 unspecified atom stereocenters. The quantitative estimate of drug-likeness (QED) is 0.632. The van der Waals surface area contributed by atoms with Crippen molar-refractivity contribution < 1.29 is 18.3 Å². The summed E-state index contributed by atoms with van der Waals surface area (Å²) < 4.78 is 33.7. The summed E-state index contributed by atoms with van der Waals surface area (Å²) in [4.78, 5) is 22.2. The zero-order valence-corrected chi connectivity index (χ0v) is 20.1. The van der Waals surface area contributed by atoms with Crippen LogP contribution in [-0.4, -0.2) is 48.5 Å². The van der Waals surface area contributed by atoms with Gasteiger partial charge in [0.2, 0.25) is 0 Å². The molecule has 35 heavy (non-hydrogen) atoms. The van der Waals surface area contributed by atoms with Gasteiger partial charge in [0.25, 0.3) is 0 Å². The molecule has 1 spiro atoms. The van der Waals surface area contributed by atoms with Crippen molar-refractivity contribution in [3.63, 3.8) is 0 Å². The van der Waals surface area contributed by atoms with Crippen molar-refractivity contribution in [3.05, 3.63) is 59.7 Å². The van der Waals surface area contributed by atoms with Crippen LogP contribution < -0.4 is 15.0 Å². The molecule has 8 heteroatoms. The van der Waals surface area contributed by atoms with E-state index < -0.39 is 17.2 Å². The van der Waals surface area contributed by atoms with Crippen LogP contribution in [0.3, 0.4) is 0 Å². The first kappa shape index (κ1) is 23.7. The van der Waals surface area contributed by atoms with E-state index in [1.807, 2.05) is 24.3 Å². The second-order valence-electron chi connectivity index (χ2n) is 9.86. The molecule has 2 aliphatic heterocycles. The van der Waals surface area contributed by atoms with Crippen molar-refractivity contribution in [2.75, 3.05) is 25.1 Å². The van der Waals surface area contributed by atoms with Crippen LogP contribution in [0.4, 0.5) is 19.3 Å². The van der Waals surface area contributed by atoms with Crippen molar-refractivity contribution in [1.29, 1.82) is 0 Å². The van der Waals surface area contributed by atoms with Crippen LogP contribution in [0.2, 0.25) is 0 Å². The third-order valence-electron chi connectivity index (χ3n) is 7.40. The fraction of sp³-hybridized carbons (Fsp3) is 0.481. The highest BCUT2D eigenvalue weighted by atomic mass is 19.1. The van der Waals surface area contributed by atoms with Gasteiger partial charge in [-0.15, -0.1) is 0 Å². The summed E-state index contributed by atoms with van der Waals surface area (Å²) >= 11 is 0. The van der Waals surface area contributed by atoms with Gasteiger partial charge < -0.3 is 4.74 Å². The van der Waals surface area contributed by atoms with Crippen molar-refractivity contribution in [1.82, 2.24) is 10.2 Å². The number of hydrogen-bond donors (Lipinski definition) is 1. The molecule has 2 amide bonds. The Bertz CT molecular complexity index is 1080. The summed E-state index contributed by atoms with van der Waals surface area (Å²) in [6.07, 6.45) is 6.98. The number of carbonyl (C=O) groups is 1. The Kier molecular flexibility index (Phi) is 6.73. The Morgan fingerprint density at radius 3 is 2.46 bits per heavy atom. The van der Waals surface area contributed by atoms with Gasteiger partial charge in [-0.2, -0.15) is 0 Å². The number of methoxy groups -OCH3 is 1. The number of amides is 2. The molecule has 186 valence electrons. The average molecular weight is 483 g/mol. The van der Waals surface area contributed by atoms with Crippen molar-refractivity contribution in [2.45, 2.75) is 63.1 Å². The molecule has 0 radical (unpaired) electrons. The van der Waals surface area contributed by atoms with Gasteiger partial charge in [-0.3, -0.25) is 20.1 Å². The van der Waals surface area contributed by atoms with Gasteiger partial charge >= 0.3 is 6.03 Å². The van der Waals surface area contributed by atoms with E-state index in [-0.39, 0.29) is 17.8 Å². The number of piperidine rings is 1. The summed E-state index contributed by atoms with van der Waals surface area (Å²) in [5.74, 6) is 0.0344. The maximum Gasteiger partial charge on any atom is 0.328 e. The Labute approximate surface area is 205 Å². The topological polar surface area (TPSA) is 57.2 Å². The minimum Gasteiger partial charge on any atom is -0.497 e. The lowest BCUT2D eigenvalue weighted by Gasteiger charge is -2.44. The lowest BCUT2D eigenvalue weighted by Crippen LogP contribution is -2.60. The second kappa shape index (κ2) is 9.93. The largest absolute Gasteiger partial charge is 0.497 e. The first-order valence-corrected chi connectivity index (χ1v) is 12.5. The fourth-order valence-corrected chi connectivity index (χ4v) is 5.77. The van der Waals surface area contributed by atoms with Gasteiger partial charge in [0.05, 0.1) is 18.8 Å². The molecule has 1 aliphatic carbocycles. The molecular formula is C27H32F2N4O2. The standard InChI is InChI=1S/C27H32F2N4O2/c1-35-24-10-8-19(9-11-24)17-32-13-5-12-27(18-32)25(30-22-6-3-2-4-7-22)31-26(34)33(27)23-15-20(28)14-21(29)16-23/h8-11,14-16,22H,2-7,12-13,17-18H2,1H3,(H,30,31,34). The Morgan fingerprint density at radius 1 is 1.06 bits per heavy atom. The molecule has 2 heterocycles. The van der Waals surface area contributed by atoms with E-state index in [0.717, 1.165) is 56.0 Å². The third-order valence-corrected chi connectivity index (χ3v) is 7.40. The number of nitrogens with one attached hydrogen (secondary N) is 1. The summed E-state index contributed by atoms with van der Waals surface area (Å²) in [6.45, 7) is 2.09. The van der Waals surface area contributed by atoms with E-state index in [0.29, 0.717) is 25.3 Å². The van der Waals surface area contributed by atoms with E-state index in [2.05, 4.69) is 10.2 Å². The Morgan fingerprint density at radius 2 is 1.77 bits per heavy atom. The smallest absolute Gasteiger partial charge is 0.328 e. The molecular weight excluding hydrogens is 450 g/mol. The molecule has 1 atom stereocenters. The maximum atomic E-state index is 14.2. The molecule has 0 bridgehead atoms. The summed E-state index contributed by atoms with van der Waals surface area (Å²) in [5, 5.41) is 3.00. The molecule has 3 fully saturated rings. The molecule has 6 nitrogen and oxygen atoms in total. The third kappa shape index (κ3) is 4.89. The highest BCUT2D eigenvalue weighted by molar-refractivity contribution is 6.19. The SMILES string of the molecule is COc1ccc(CN2CCCC3(C2)C(=NC2CCCCC2)NC(=O)N3c2cc(F)cc(F)c2)cc1. The summed E-state index contributed by atoms with van der Waals surface area (Å²) in [6, 6.07) is 11.0. The predicted molar refractivity (Wildman–Crippen MR) is 132 cm³/mol. The van der Waals surface area contributed by atoms with Gasteiger partial charge in [0.1, 0.15) is 28.8 Å². The number of carbonyl (C=O) groups excluding carboxylic acids is 1. The van der Waals surface area contributed by atoms with Crippen LogP contribution >= 0.6 is 0 Å². The molecule has 1 saturated carbocycles. The monoisotopic (exact) mass is 482 g/mol. The molecule has 2 aromatic rings. The van der Waals surface area contributed by atoms with Crippen LogP contribution in [0.15, 0.2) is 47.5 Å². The van der Waals surface area contributed by atoms with Crippen molar-refractivity contribution in [2.24, 2.45) is 4.99 Å². The van der Waals surface area contributed by atoms with E-state index in [1.165, 1.54) is 18.6 Å². The number of benzene rings is 2. The number of nitrogens with zero attached hydrogens (tertiary/aromatic N) is 3. The lowest BCUT2D eigenvalue weighted by atomic mass is 9.85. The molecule has 0 aromatic heterocycles. The number of ether oxygens (including phenoxy) is 1. The predicted octanol–water partition coefficient (Wildman–Crippen LogP) is 5.27. The Hall–Kier alpha value is -3.00. The van der Waals surface area contributed by atoms with Crippen LogP contribution in [0.25, 0.3) is 0 Å². The first-order chi connectivity index (χ1) is 17.0. The number of rotatable bonds is 5. The number of likely N-dealkylation sites (tertiary alicyclic amines) is 1. The Balaban J connectivity index is 1.50. The highest BCUT2D eigenvalue weighted by Crippen LogP contribution is 2.38. The molecule has 5 rings (SSSR count). The molecule has 2 saturated heterocycles. The minimum atomic E-state index is -0.792. The zero-order valence-electron chi connectivity index (χ0n) is 20.1. The number of amidine groups is 1. The second-order valence-corrected chi connectivity index (χ2v) is 9.86. The average Bonchev–Trinajstić information content (AvgIpc) is 3.09. The molecule has 2 aromatic carbocycles. The number of aliphatic imine (C=N–C) groups is 1. The highest BCUT2D eigenvalue weighted by Gasteiger charge is 2.54. The van der Waals surface area contributed by atoms with Crippen molar-refractivity contribution >= 4 is 17.6 Å². The normalized spacial score (nSPS) is 24.8. The van der Waals surface area contributed by atoms with E-state index in [4.69, 9.17) is 9.73 Å². The van der Waals surface area contributed by atoms with Gasteiger partial charge in [-0.1, -0.05) is 31.4 Å². The van der Waals surface area contributed by atoms with Crippen LogP contribution in [0.1, 0.15) is 50.5 Å².